The number of hydrogen-bond acceptors (Lipinski definition) is 7. The van der Waals surface area contributed by atoms with E-state index in [0.29, 0.717) is 48.5 Å². The van der Waals surface area contributed by atoms with E-state index in [-0.39, 0.29) is 16.7 Å². The highest BCUT2D eigenvalue weighted by molar-refractivity contribution is 7.92. The molecule has 2 aromatic heterocycles. The third-order valence-corrected chi connectivity index (χ3v) is 9.57. The van der Waals surface area contributed by atoms with Crippen LogP contribution in [-0.2, 0) is 34.3 Å². The summed E-state index contributed by atoms with van der Waals surface area (Å²) in [5.41, 5.74) is 3.48. The number of pyridine rings is 1. The molecule has 0 saturated carbocycles. The number of aromatic nitrogens is 1. The molecule has 0 bridgehead atoms. The maximum absolute atomic E-state index is 13.6. The number of carbonyl (C=O) groups is 2. The van der Waals surface area contributed by atoms with Gasteiger partial charge in [-0.3, -0.25) is 9.78 Å². The van der Waals surface area contributed by atoms with Crippen LogP contribution in [0.15, 0.2) is 89.4 Å². The maximum atomic E-state index is 13.6. The molecule has 0 aliphatic rings. The average Bonchev–Trinajstić information content (AvgIpc) is 3.42. The number of hydrogen-bond donors (Lipinski definition) is 1. The molecule has 0 fully saturated rings. The van der Waals surface area contributed by atoms with Crippen LogP contribution in [0.3, 0.4) is 0 Å². The Kier molecular flexibility index (Phi) is 11.1. The molecule has 226 valence electrons. The Morgan fingerprint density at radius 1 is 0.977 bits per heavy atom. The van der Waals surface area contributed by atoms with Crippen LogP contribution in [0.25, 0.3) is 11.1 Å². The summed E-state index contributed by atoms with van der Waals surface area (Å²) in [5.74, 6) is 0.184. The van der Waals surface area contributed by atoms with E-state index >= 15 is 0 Å². The number of thiophene rings is 1. The second-order valence-corrected chi connectivity index (χ2v) is 13.7. The molecule has 0 atom stereocenters. The molecule has 8 nitrogen and oxygen atoms in total. The molecule has 2 heterocycles. The van der Waals surface area contributed by atoms with Crippen molar-refractivity contribution < 1.29 is 22.7 Å². The molecule has 43 heavy (non-hydrogen) atoms. The minimum Gasteiger partial charge on any atom is -0.449 e. The van der Waals surface area contributed by atoms with Crippen LogP contribution in [0.2, 0.25) is 0 Å². The van der Waals surface area contributed by atoms with Gasteiger partial charge in [0.15, 0.2) is 0 Å². The first-order valence-corrected chi connectivity index (χ1v) is 16.6. The van der Waals surface area contributed by atoms with Crippen molar-refractivity contribution >= 4 is 33.4 Å². The fourth-order valence-electron chi connectivity index (χ4n) is 4.55. The molecular weight excluding hydrogens is 583 g/mol. The Morgan fingerprint density at radius 2 is 1.72 bits per heavy atom. The molecule has 2 amide bonds. The Morgan fingerprint density at radius 3 is 2.42 bits per heavy atom. The number of unbranched alkanes of at least 4 members (excludes halogenated alkanes) is 1. The summed E-state index contributed by atoms with van der Waals surface area (Å²) >= 11 is 1.15. The van der Waals surface area contributed by atoms with Gasteiger partial charge >= 0.3 is 6.09 Å². The van der Waals surface area contributed by atoms with Gasteiger partial charge in [-0.1, -0.05) is 69.7 Å². The zero-order chi connectivity index (χ0) is 30.8. The Balaban J connectivity index is 1.67. The highest BCUT2D eigenvalue weighted by Crippen LogP contribution is 2.37. The number of amides is 2. The van der Waals surface area contributed by atoms with Crippen molar-refractivity contribution in [3.8, 4) is 11.1 Å². The smallest absolute Gasteiger partial charge is 0.421 e. The highest BCUT2D eigenvalue weighted by atomic mass is 32.2. The van der Waals surface area contributed by atoms with Crippen molar-refractivity contribution in [3.05, 3.63) is 107 Å². The summed E-state index contributed by atoms with van der Waals surface area (Å²) in [7, 11) is -4.19. The first-order chi connectivity index (χ1) is 20.7. The van der Waals surface area contributed by atoms with Gasteiger partial charge in [0.05, 0.1) is 6.61 Å². The second kappa shape index (κ2) is 14.9. The van der Waals surface area contributed by atoms with E-state index in [9.17, 15) is 18.0 Å². The predicted molar refractivity (Wildman–Crippen MR) is 169 cm³/mol. The number of benzene rings is 2. The summed E-state index contributed by atoms with van der Waals surface area (Å²) in [6.45, 7) is 6.88. The maximum Gasteiger partial charge on any atom is 0.421 e. The van der Waals surface area contributed by atoms with E-state index in [1.54, 1.807) is 29.4 Å². The monoisotopic (exact) mass is 619 g/mol. The zero-order valence-corrected chi connectivity index (χ0v) is 26.3. The molecule has 0 saturated heterocycles. The molecular formula is C33H37N3O5S2. The van der Waals surface area contributed by atoms with Crippen molar-refractivity contribution in [1.29, 1.82) is 0 Å². The molecule has 10 heteroatoms. The van der Waals surface area contributed by atoms with E-state index in [4.69, 9.17) is 4.74 Å². The van der Waals surface area contributed by atoms with Crippen LogP contribution >= 0.6 is 11.3 Å². The van der Waals surface area contributed by atoms with Crippen LogP contribution < -0.4 is 4.72 Å². The number of ether oxygens (including phenoxy) is 1. The van der Waals surface area contributed by atoms with Crippen molar-refractivity contribution in [1.82, 2.24) is 14.6 Å². The average molecular weight is 620 g/mol. The third-order valence-electron chi connectivity index (χ3n) is 6.57. The lowest BCUT2D eigenvalue weighted by Crippen LogP contribution is -2.31. The largest absolute Gasteiger partial charge is 0.449 e. The van der Waals surface area contributed by atoms with Gasteiger partial charge in [0.2, 0.25) is 0 Å². The fourth-order valence-corrected chi connectivity index (χ4v) is 7.39. The summed E-state index contributed by atoms with van der Waals surface area (Å²) in [6.07, 6.45) is 4.60. The van der Waals surface area contributed by atoms with Crippen molar-refractivity contribution in [2.45, 2.75) is 57.3 Å². The van der Waals surface area contributed by atoms with Crippen LogP contribution in [-0.4, -0.2) is 36.9 Å². The summed E-state index contributed by atoms with van der Waals surface area (Å²) < 4.78 is 34.0. The van der Waals surface area contributed by atoms with E-state index in [1.807, 2.05) is 67.6 Å². The molecule has 0 aliphatic carbocycles. The SMILES string of the molecule is CCCCOC(=O)NS(=O)(=O)c1sc(CC(C)C)cc1-c1cccc(CN(Cc2cccnc2)C(=O)c2ccccc2)c1. The lowest BCUT2D eigenvalue weighted by molar-refractivity contribution is 0.0730. The lowest BCUT2D eigenvalue weighted by atomic mass is 10.0. The van der Waals surface area contributed by atoms with E-state index in [1.165, 1.54) is 0 Å². The first-order valence-electron chi connectivity index (χ1n) is 14.3. The van der Waals surface area contributed by atoms with Gasteiger partial charge in [0, 0.05) is 41.5 Å². The minimum absolute atomic E-state index is 0.0559. The summed E-state index contributed by atoms with van der Waals surface area (Å²) in [5, 5.41) is 0. The molecule has 0 spiro atoms. The molecule has 0 unspecified atom stereocenters. The van der Waals surface area contributed by atoms with Gasteiger partial charge in [0.1, 0.15) is 4.21 Å². The van der Waals surface area contributed by atoms with Gasteiger partial charge in [-0.05, 0) is 65.8 Å². The van der Waals surface area contributed by atoms with E-state index < -0.39 is 16.1 Å². The fraction of sp³-hybridized carbons (Fsp3) is 0.303. The number of nitrogens with one attached hydrogen (secondary N) is 1. The second-order valence-electron chi connectivity index (χ2n) is 10.7. The number of sulfonamides is 1. The van der Waals surface area contributed by atoms with E-state index in [0.717, 1.165) is 33.8 Å². The molecule has 4 aromatic rings. The third kappa shape index (κ3) is 8.98. The standard InChI is InChI=1S/C33H37N3O5S2/c1-4-5-17-41-33(38)35-43(39,40)32-30(20-29(42-32)18-24(2)3)28-15-9-11-25(19-28)22-36(23-26-12-10-16-34-21-26)31(37)27-13-7-6-8-14-27/h6-16,19-21,24H,4-5,17-18,22-23H2,1-3H3,(H,35,38). The number of nitrogens with zero attached hydrogens (tertiary/aromatic N) is 2. The van der Waals surface area contributed by atoms with Crippen LogP contribution in [0.4, 0.5) is 4.79 Å². The molecule has 0 aliphatic heterocycles. The van der Waals surface area contributed by atoms with Gasteiger partial charge in [-0.15, -0.1) is 11.3 Å². The Hall–Kier alpha value is -4.02. The van der Waals surface area contributed by atoms with Crippen LogP contribution in [0, 0.1) is 5.92 Å². The molecule has 0 radical (unpaired) electrons. The summed E-state index contributed by atoms with van der Waals surface area (Å²) in [6, 6.07) is 22.2. The minimum atomic E-state index is -4.19. The van der Waals surface area contributed by atoms with E-state index in [2.05, 4.69) is 23.6 Å². The Bertz CT molecular complexity index is 1620. The van der Waals surface area contributed by atoms with Crippen LogP contribution in [0.5, 0.6) is 0 Å². The topological polar surface area (TPSA) is 106 Å². The first kappa shape index (κ1) is 31.9. The van der Waals surface area contributed by atoms with Crippen molar-refractivity contribution in [3.63, 3.8) is 0 Å². The van der Waals surface area contributed by atoms with Gasteiger partial charge in [0.25, 0.3) is 15.9 Å². The van der Waals surface area contributed by atoms with Gasteiger partial charge in [-0.2, -0.15) is 0 Å². The Labute approximate surface area is 257 Å². The molecule has 2 aromatic carbocycles. The van der Waals surface area contributed by atoms with Gasteiger partial charge < -0.3 is 9.64 Å². The zero-order valence-electron chi connectivity index (χ0n) is 24.7. The molecule has 4 rings (SSSR count). The normalized spacial score (nSPS) is 11.3. The van der Waals surface area contributed by atoms with Crippen molar-refractivity contribution in [2.24, 2.45) is 5.92 Å². The molecule has 1 N–H and O–H groups in total. The lowest BCUT2D eigenvalue weighted by Gasteiger charge is -2.23. The number of carbonyl (C=O) groups excluding carboxylic acids is 2. The van der Waals surface area contributed by atoms with Crippen LogP contribution in [0.1, 0.15) is 60.0 Å². The quantitative estimate of drug-likeness (QED) is 0.161. The number of rotatable bonds is 13. The van der Waals surface area contributed by atoms with Crippen molar-refractivity contribution in [2.75, 3.05) is 6.61 Å². The summed E-state index contributed by atoms with van der Waals surface area (Å²) in [4.78, 5) is 32.7. The van der Waals surface area contributed by atoms with Gasteiger partial charge in [-0.25, -0.2) is 17.9 Å². The predicted octanol–water partition coefficient (Wildman–Crippen LogP) is 7.07. The highest BCUT2D eigenvalue weighted by Gasteiger charge is 2.27.